The van der Waals surface area contributed by atoms with Crippen LogP contribution in [0.3, 0.4) is 0 Å². The van der Waals surface area contributed by atoms with Crippen LogP contribution < -0.4 is 5.32 Å². The number of rotatable bonds is 4. The lowest BCUT2D eigenvalue weighted by atomic mass is 10.3. The van der Waals surface area contributed by atoms with Crippen molar-refractivity contribution in [3.63, 3.8) is 0 Å². The molecule has 0 bridgehead atoms. The maximum Gasteiger partial charge on any atom is 0.0890 e. The van der Waals surface area contributed by atoms with Gasteiger partial charge in [0, 0.05) is 25.5 Å². The molecule has 3 rings (SSSR count). The third-order valence-corrected chi connectivity index (χ3v) is 2.95. The topological polar surface area (TPSA) is 63.6 Å². The van der Waals surface area contributed by atoms with Crippen LogP contribution in [0.1, 0.15) is 17.1 Å². The van der Waals surface area contributed by atoms with Crippen LogP contribution in [0.5, 0.6) is 0 Å². The number of para-hydroxylation sites is 2. The van der Waals surface area contributed by atoms with Crippen molar-refractivity contribution in [3.05, 3.63) is 59.9 Å². The summed E-state index contributed by atoms with van der Waals surface area (Å²) in [5, 5.41) is 3.30. The van der Waals surface area contributed by atoms with Gasteiger partial charge in [0.2, 0.25) is 0 Å². The van der Waals surface area contributed by atoms with Crippen molar-refractivity contribution in [1.82, 2.24) is 25.3 Å². The Morgan fingerprint density at radius 2 is 1.60 bits per heavy atom. The summed E-state index contributed by atoms with van der Waals surface area (Å²) in [4.78, 5) is 17.5. The second-order valence-electron chi connectivity index (χ2n) is 4.60. The number of benzene rings is 1. The fourth-order valence-corrected chi connectivity index (χ4v) is 1.91. The third kappa shape index (κ3) is 2.95. The minimum Gasteiger partial charge on any atom is -0.305 e. The molecular formula is C15H15N5. The largest absolute Gasteiger partial charge is 0.305 e. The van der Waals surface area contributed by atoms with Gasteiger partial charge in [-0.15, -0.1) is 0 Å². The van der Waals surface area contributed by atoms with Crippen molar-refractivity contribution < 1.29 is 0 Å². The van der Waals surface area contributed by atoms with Crippen LogP contribution in [-0.2, 0) is 13.1 Å². The van der Waals surface area contributed by atoms with E-state index in [0.29, 0.717) is 13.1 Å². The molecule has 0 unspecified atom stereocenters. The number of aryl methyl sites for hydroxylation is 1. The highest BCUT2D eigenvalue weighted by Gasteiger charge is 2.00. The third-order valence-electron chi connectivity index (χ3n) is 2.95. The molecule has 1 N–H and O–H groups in total. The number of hydrogen-bond donors (Lipinski definition) is 1. The Labute approximate surface area is 117 Å². The van der Waals surface area contributed by atoms with E-state index in [4.69, 9.17) is 0 Å². The predicted octanol–water partition coefficient (Wildman–Crippen LogP) is 2.02. The molecular weight excluding hydrogens is 250 g/mol. The zero-order chi connectivity index (χ0) is 13.8. The molecule has 0 atom stereocenters. The SMILES string of the molecule is Cc1cnc(CNCc2cnc3ccccc3n2)cn1. The van der Waals surface area contributed by atoms with E-state index in [0.717, 1.165) is 28.1 Å². The first-order valence-corrected chi connectivity index (χ1v) is 6.50. The Hall–Kier alpha value is -2.40. The summed E-state index contributed by atoms with van der Waals surface area (Å²) < 4.78 is 0. The zero-order valence-electron chi connectivity index (χ0n) is 11.2. The normalized spacial score (nSPS) is 10.8. The Kier molecular flexibility index (Phi) is 3.60. The molecule has 0 saturated heterocycles. The number of aromatic nitrogens is 4. The second kappa shape index (κ2) is 5.71. The fourth-order valence-electron chi connectivity index (χ4n) is 1.91. The summed E-state index contributed by atoms with van der Waals surface area (Å²) in [5.41, 5.74) is 4.60. The van der Waals surface area contributed by atoms with Crippen LogP contribution >= 0.6 is 0 Å². The molecule has 0 aliphatic rings. The number of nitrogens with one attached hydrogen (secondary N) is 1. The molecule has 0 amide bonds. The molecule has 0 saturated carbocycles. The molecule has 2 heterocycles. The Morgan fingerprint density at radius 1 is 0.850 bits per heavy atom. The molecule has 0 aliphatic carbocycles. The van der Waals surface area contributed by atoms with Gasteiger partial charge in [-0.2, -0.15) is 0 Å². The highest BCUT2D eigenvalue weighted by molar-refractivity contribution is 5.73. The van der Waals surface area contributed by atoms with Crippen molar-refractivity contribution in [2.45, 2.75) is 20.0 Å². The van der Waals surface area contributed by atoms with E-state index >= 15 is 0 Å². The van der Waals surface area contributed by atoms with E-state index < -0.39 is 0 Å². The quantitative estimate of drug-likeness (QED) is 0.782. The maximum absolute atomic E-state index is 4.56. The Morgan fingerprint density at radius 3 is 2.40 bits per heavy atom. The highest BCUT2D eigenvalue weighted by atomic mass is 14.9. The van der Waals surface area contributed by atoms with Crippen LogP contribution in [0.15, 0.2) is 42.9 Å². The van der Waals surface area contributed by atoms with Crippen LogP contribution in [0.4, 0.5) is 0 Å². The van der Waals surface area contributed by atoms with Gasteiger partial charge in [0.1, 0.15) is 0 Å². The number of hydrogen-bond acceptors (Lipinski definition) is 5. The number of nitrogens with zero attached hydrogens (tertiary/aromatic N) is 4. The lowest BCUT2D eigenvalue weighted by Crippen LogP contribution is -2.15. The summed E-state index contributed by atoms with van der Waals surface area (Å²) in [6.45, 7) is 3.25. The lowest BCUT2D eigenvalue weighted by molar-refractivity contribution is 0.664. The Balaban J connectivity index is 1.63. The molecule has 100 valence electrons. The molecule has 0 aliphatic heterocycles. The first kappa shape index (κ1) is 12.6. The minimum atomic E-state index is 0.660. The molecule has 0 radical (unpaired) electrons. The summed E-state index contributed by atoms with van der Waals surface area (Å²) in [5.74, 6) is 0. The Bertz CT molecular complexity index is 709. The van der Waals surface area contributed by atoms with E-state index in [1.807, 2.05) is 31.2 Å². The predicted molar refractivity (Wildman–Crippen MR) is 76.9 cm³/mol. The van der Waals surface area contributed by atoms with Crippen molar-refractivity contribution in [1.29, 1.82) is 0 Å². The first-order chi connectivity index (χ1) is 9.81. The van der Waals surface area contributed by atoms with Crippen molar-refractivity contribution in [2.24, 2.45) is 0 Å². The maximum atomic E-state index is 4.56. The molecule has 3 aromatic rings. The van der Waals surface area contributed by atoms with E-state index in [2.05, 4.69) is 25.3 Å². The average Bonchev–Trinajstić information content (AvgIpc) is 2.49. The lowest BCUT2D eigenvalue weighted by Gasteiger charge is -2.05. The van der Waals surface area contributed by atoms with E-state index in [1.54, 1.807) is 18.6 Å². The molecule has 0 spiro atoms. The van der Waals surface area contributed by atoms with E-state index in [9.17, 15) is 0 Å². The smallest absolute Gasteiger partial charge is 0.0890 e. The fraction of sp³-hybridized carbons (Fsp3) is 0.200. The van der Waals surface area contributed by atoms with Gasteiger partial charge in [0.05, 0.1) is 34.3 Å². The molecule has 5 nitrogen and oxygen atoms in total. The van der Waals surface area contributed by atoms with Crippen LogP contribution in [0, 0.1) is 6.92 Å². The van der Waals surface area contributed by atoms with Crippen molar-refractivity contribution in [2.75, 3.05) is 0 Å². The first-order valence-electron chi connectivity index (χ1n) is 6.50. The van der Waals surface area contributed by atoms with Gasteiger partial charge < -0.3 is 5.32 Å². The van der Waals surface area contributed by atoms with Crippen LogP contribution in [0.2, 0.25) is 0 Å². The summed E-state index contributed by atoms with van der Waals surface area (Å²) in [6, 6.07) is 7.86. The highest BCUT2D eigenvalue weighted by Crippen LogP contribution is 2.08. The average molecular weight is 265 g/mol. The van der Waals surface area contributed by atoms with Gasteiger partial charge in [0.25, 0.3) is 0 Å². The van der Waals surface area contributed by atoms with Gasteiger partial charge in [-0.1, -0.05) is 12.1 Å². The molecule has 20 heavy (non-hydrogen) atoms. The molecule has 2 aromatic heterocycles. The van der Waals surface area contributed by atoms with Gasteiger partial charge in [-0.05, 0) is 19.1 Å². The summed E-state index contributed by atoms with van der Waals surface area (Å²) in [7, 11) is 0. The van der Waals surface area contributed by atoms with Crippen molar-refractivity contribution >= 4 is 11.0 Å². The van der Waals surface area contributed by atoms with Crippen LogP contribution in [0.25, 0.3) is 11.0 Å². The van der Waals surface area contributed by atoms with Gasteiger partial charge in [0.15, 0.2) is 0 Å². The molecule has 0 fully saturated rings. The zero-order valence-corrected chi connectivity index (χ0v) is 11.2. The van der Waals surface area contributed by atoms with Gasteiger partial charge in [-0.3, -0.25) is 15.0 Å². The molecule has 1 aromatic carbocycles. The van der Waals surface area contributed by atoms with Crippen molar-refractivity contribution in [3.8, 4) is 0 Å². The van der Waals surface area contributed by atoms with Gasteiger partial charge >= 0.3 is 0 Å². The summed E-state index contributed by atoms with van der Waals surface area (Å²) >= 11 is 0. The van der Waals surface area contributed by atoms with Crippen LogP contribution in [-0.4, -0.2) is 19.9 Å². The summed E-state index contributed by atoms with van der Waals surface area (Å²) in [6.07, 6.45) is 5.36. The van der Waals surface area contributed by atoms with Gasteiger partial charge in [-0.25, -0.2) is 4.98 Å². The van der Waals surface area contributed by atoms with E-state index in [1.165, 1.54) is 0 Å². The molecule has 5 heteroatoms. The standard InChI is InChI=1S/C15H15N5/c1-11-6-18-12(9-17-11)7-16-8-13-10-19-14-4-2-3-5-15(14)20-13/h2-6,9-10,16H,7-8H2,1H3. The number of fused-ring (bicyclic) bond motifs is 1. The second-order valence-corrected chi connectivity index (χ2v) is 4.60. The minimum absolute atomic E-state index is 0.660. The monoisotopic (exact) mass is 265 g/mol. The van der Waals surface area contributed by atoms with E-state index in [-0.39, 0.29) is 0 Å².